The minimum absolute atomic E-state index is 0.0489. The van der Waals surface area contributed by atoms with Crippen LogP contribution in [0, 0.1) is 10.8 Å². The Balaban J connectivity index is 1.71. The molecule has 2 aromatic carbocycles. The third kappa shape index (κ3) is 9.25. The van der Waals surface area contributed by atoms with Gasteiger partial charge in [-0.15, -0.1) is 0 Å². The van der Waals surface area contributed by atoms with Crippen molar-refractivity contribution in [2.75, 3.05) is 17.2 Å². The number of β-lactam (4-membered cyclic amide) rings is 2. The lowest BCUT2D eigenvalue weighted by atomic mass is 9.69. The normalized spacial score (nSPS) is 15.2. The first-order valence-corrected chi connectivity index (χ1v) is 19.2. The van der Waals surface area contributed by atoms with Crippen LogP contribution >= 0.6 is 11.6 Å². The third-order valence-electron chi connectivity index (χ3n) is 10.7. The topological polar surface area (TPSA) is 122 Å². The molecule has 10 heteroatoms. The molecule has 0 bridgehead atoms. The number of nitrogens with zero attached hydrogens (tertiary/aromatic N) is 1. The van der Waals surface area contributed by atoms with Crippen molar-refractivity contribution in [3.05, 3.63) is 52.5 Å². The summed E-state index contributed by atoms with van der Waals surface area (Å²) in [6.45, 7) is 22.3. The van der Waals surface area contributed by atoms with Crippen molar-refractivity contribution < 1.29 is 28.7 Å². The number of nitrogens with one attached hydrogen (secondary N) is 2. The van der Waals surface area contributed by atoms with Gasteiger partial charge in [-0.05, 0) is 72.8 Å². The second-order valence-electron chi connectivity index (χ2n) is 16.4. The number of ether oxygens (including phenoxy) is 1. The Morgan fingerprint density at radius 2 is 1.42 bits per heavy atom. The lowest BCUT2D eigenvalue weighted by molar-refractivity contribution is -0.185. The molecule has 0 spiro atoms. The number of Topliss-reactive ketones (excluding diaryl/α,β-unsaturated/α-hetero) is 1. The minimum atomic E-state index is -1.66. The van der Waals surface area contributed by atoms with Gasteiger partial charge in [0, 0.05) is 23.1 Å². The Morgan fingerprint density at radius 1 is 0.827 bits per heavy atom. The smallest absolute Gasteiger partial charge is 0.255 e. The minimum Gasteiger partial charge on any atom is -0.493 e. The number of carbonyl (C=O) groups excluding carboxylic acids is 5. The monoisotopic (exact) mass is 737 g/mol. The fourth-order valence-corrected chi connectivity index (χ4v) is 6.70. The lowest BCUT2D eigenvalue weighted by Gasteiger charge is -2.49. The molecule has 1 aliphatic rings. The molecular weight excluding hydrogens is 678 g/mol. The van der Waals surface area contributed by atoms with E-state index in [4.69, 9.17) is 16.3 Å². The molecule has 52 heavy (non-hydrogen) atoms. The van der Waals surface area contributed by atoms with Crippen LogP contribution < -0.4 is 15.4 Å². The first kappa shape index (κ1) is 42.7. The van der Waals surface area contributed by atoms with Crippen LogP contribution in [0.15, 0.2) is 36.4 Å². The van der Waals surface area contributed by atoms with E-state index in [9.17, 15) is 24.0 Å². The number of amides is 4. The maximum atomic E-state index is 13.8. The summed E-state index contributed by atoms with van der Waals surface area (Å²) in [4.78, 5) is 68.3. The molecule has 0 saturated carbocycles. The summed E-state index contributed by atoms with van der Waals surface area (Å²) in [6.07, 6.45) is 4.57. The number of carbonyl (C=O) groups is 5. The summed E-state index contributed by atoms with van der Waals surface area (Å²) in [6, 6.07) is 9.39. The van der Waals surface area contributed by atoms with E-state index in [0.717, 1.165) is 29.1 Å². The first-order valence-electron chi connectivity index (χ1n) is 18.8. The fraction of sp³-hybridized carbons (Fsp3) is 0.595. The van der Waals surface area contributed by atoms with Crippen LogP contribution in [0.5, 0.6) is 5.75 Å². The van der Waals surface area contributed by atoms with Crippen LogP contribution in [0.2, 0.25) is 5.02 Å². The maximum absolute atomic E-state index is 13.8. The number of benzene rings is 2. The maximum Gasteiger partial charge on any atom is 0.255 e. The van der Waals surface area contributed by atoms with Crippen LogP contribution in [-0.2, 0) is 34.8 Å². The molecule has 1 heterocycles. The van der Waals surface area contributed by atoms with Gasteiger partial charge < -0.3 is 15.4 Å². The van der Waals surface area contributed by atoms with Gasteiger partial charge in [-0.25, -0.2) is 0 Å². The molecule has 4 amide bonds. The van der Waals surface area contributed by atoms with Gasteiger partial charge in [0.25, 0.3) is 5.91 Å². The summed E-state index contributed by atoms with van der Waals surface area (Å²) in [5.41, 5.74) is 0.680. The molecule has 1 unspecified atom stereocenters. The van der Waals surface area contributed by atoms with Gasteiger partial charge in [0.15, 0.2) is 11.8 Å². The van der Waals surface area contributed by atoms with Crippen molar-refractivity contribution in [1.82, 2.24) is 4.90 Å². The highest BCUT2D eigenvalue weighted by molar-refractivity contribution is 6.34. The number of imide groups is 1. The molecule has 9 nitrogen and oxygen atoms in total. The summed E-state index contributed by atoms with van der Waals surface area (Å²) in [5.74, 6) is -1.84. The quantitative estimate of drug-likeness (QED) is 0.0893. The Kier molecular flexibility index (Phi) is 13.9. The molecule has 286 valence electrons. The molecule has 0 radical (unpaired) electrons. The number of hydrogen-bond acceptors (Lipinski definition) is 6. The van der Waals surface area contributed by atoms with E-state index in [1.54, 1.807) is 26.8 Å². The van der Waals surface area contributed by atoms with E-state index in [0.29, 0.717) is 44.4 Å². The van der Waals surface area contributed by atoms with Crippen LogP contribution in [0.3, 0.4) is 0 Å². The predicted molar refractivity (Wildman–Crippen MR) is 209 cm³/mol. The fourth-order valence-electron chi connectivity index (χ4n) is 6.53. The van der Waals surface area contributed by atoms with Crippen LogP contribution in [-0.4, -0.2) is 47.0 Å². The average molecular weight is 738 g/mol. The number of anilines is 2. The molecule has 2 N–H and O–H groups in total. The number of likely N-dealkylation sites (tertiary alicyclic amines) is 1. The highest BCUT2D eigenvalue weighted by atomic mass is 35.5. The summed E-state index contributed by atoms with van der Waals surface area (Å²) >= 11 is 6.45. The number of ketones is 1. The van der Waals surface area contributed by atoms with E-state index in [2.05, 4.69) is 64.3 Å². The lowest BCUT2D eigenvalue weighted by Crippen LogP contribution is -2.72. The van der Waals surface area contributed by atoms with E-state index in [-0.39, 0.29) is 33.9 Å². The van der Waals surface area contributed by atoms with Crippen molar-refractivity contribution in [2.24, 2.45) is 10.8 Å². The van der Waals surface area contributed by atoms with Crippen LogP contribution in [0.25, 0.3) is 0 Å². The number of hydrogen-bond donors (Lipinski definition) is 2. The zero-order chi connectivity index (χ0) is 39.2. The summed E-state index contributed by atoms with van der Waals surface area (Å²) in [7, 11) is 0. The van der Waals surface area contributed by atoms with E-state index in [1.807, 2.05) is 19.9 Å². The highest BCUT2D eigenvalue weighted by Crippen LogP contribution is 2.45. The van der Waals surface area contributed by atoms with E-state index < -0.39 is 40.4 Å². The Morgan fingerprint density at radius 3 is 1.96 bits per heavy atom. The Labute approximate surface area is 316 Å². The van der Waals surface area contributed by atoms with Crippen molar-refractivity contribution >= 4 is 52.4 Å². The molecule has 3 rings (SSSR count). The Hall–Kier alpha value is -3.72. The van der Waals surface area contributed by atoms with Crippen LogP contribution in [0.4, 0.5) is 11.4 Å². The molecule has 2 aromatic rings. The van der Waals surface area contributed by atoms with Gasteiger partial charge >= 0.3 is 0 Å². The zero-order valence-electron chi connectivity index (χ0n) is 33.2. The highest BCUT2D eigenvalue weighted by Gasteiger charge is 2.64. The SMILES string of the molecule is CCCC1(CCC)C(=O)N(C(C(=O)Nc2cc(NC(=O)CCCOc3ccc(C(C)(C)CC)cc3C(C)(C)CC)ccc2Cl)C(=O)C(C)(C)C)C1=O. The van der Waals surface area contributed by atoms with Gasteiger partial charge in [0.1, 0.15) is 11.2 Å². The van der Waals surface area contributed by atoms with Gasteiger partial charge in [0.05, 0.1) is 17.3 Å². The molecule has 1 saturated heterocycles. The van der Waals surface area contributed by atoms with E-state index in [1.165, 1.54) is 17.7 Å². The van der Waals surface area contributed by atoms with Crippen molar-refractivity contribution in [1.29, 1.82) is 0 Å². The second kappa shape index (κ2) is 17.0. The third-order valence-corrected chi connectivity index (χ3v) is 11.0. The number of halogens is 1. The second-order valence-corrected chi connectivity index (χ2v) is 16.9. The first-order chi connectivity index (χ1) is 24.2. The molecule has 1 fully saturated rings. The zero-order valence-corrected chi connectivity index (χ0v) is 33.9. The molecule has 1 aliphatic heterocycles. The van der Waals surface area contributed by atoms with E-state index >= 15 is 0 Å². The Bertz CT molecular complexity index is 1630. The largest absolute Gasteiger partial charge is 0.493 e. The molecular formula is C42H60ClN3O6. The van der Waals surface area contributed by atoms with Gasteiger partial charge in [-0.1, -0.05) is 113 Å². The van der Waals surface area contributed by atoms with Crippen molar-refractivity contribution in [3.63, 3.8) is 0 Å². The van der Waals surface area contributed by atoms with Crippen molar-refractivity contribution in [3.8, 4) is 5.75 Å². The molecule has 0 aromatic heterocycles. The standard InChI is InChI=1S/C42H60ClN3O6/c1-12-22-42(23-13-2)37(50)46(38(42)51)34(35(48)39(5,6)7)36(49)45-31-26-28(19-20-30(31)43)44-33(47)17-16-24-52-32-21-18-27(40(8,9)14-3)25-29(32)41(10,11)15-4/h18-21,25-26,34H,12-17,22-24H2,1-11H3,(H,44,47)(H,45,49). The van der Waals surface area contributed by atoms with Gasteiger partial charge in [-0.3, -0.25) is 28.9 Å². The average Bonchev–Trinajstić information content (AvgIpc) is 3.09. The van der Waals surface area contributed by atoms with Crippen LogP contribution in [0.1, 0.15) is 139 Å². The summed E-state index contributed by atoms with van der Waals surface area (Å²) < 4.78 is 6.24. The van der Waals surface area contributed by atoms with Gasteiger partial charge in [-0.2, -0.15) is 0 Å². The van der Waals surface area contributed by atoms with Gasteiger partial charge in [0.2, 0.25) is 17.7 Å². The number of rotatable bonds is 18. The molecule has 1 atom stereocenters. The van der Waals surface area contributed by atoms with Crippen molar-refractivity contribution in [2.45, 2.75) is 144 Å². The summed E-state index contributed by atoms with van der Waals surface area (Å²) in [5, 5.41) is 5.66. The predicted octanol–water partition coefficient (Wildman–Crippen LogP) is 9.39. The molecule has 0 aliphatic carbocycles.